The molecule has 98 valence electrons. The fourth-order valence-electron chi connectivity index (χ4n) is 0.879. The number of amides is 2. The van der Waals surface area contributed by atoms with Gasteiger partial charge in [-0.3, -0.25) is 14.4 Å². The van der Waals surface area contributed by atoms with Crippen molar-refractivity contribution in [1.29, 1.82) is 0 Å². The number of rotatable bonds is 4. The van der Waals surface area contributed by atoms with Gasteiger partial charge in [0, 0.05) is 5.41 Å². The van der Waals surface area contributed by atoms with Crippen LogP contribution in [0.4, 0.5) is 0 Å². The van der Waals surface area contributed by atoms with E-state index in [4.69, 9.17) is 5.11 Å². The Labute approximate surface area is 101 Å². The summed E-state index contributed by atoms with van der Waals surface area (Å²) in [6, 6.07) is -1.74. The molecule has 0 aliphatic carbocycles. The van der Waals surface area contributed by atoms with Crippen LogP contribution in [0, 0.1) is 5.41 Å². The van der Waals surface area contributed by atoms with Crippen molar-refractivity contribution in [3.8, 4) is 0 Å². The third kappa shape index (κ3) is 5.33. The Bertz CT molecular complexity index is 320. The Morgan fingerprint density at radius 1 is 1.00 bits per heavy atom. The molecular weight excluding hydrogens is 224 g/mol. The number of carboxylic acids is 1. The van der Waals surface area contributed by atoms with Crippen molar-refractivity contribution in [2.24, 2.45) is 5.41 Å². The molecule has 0 saturated heterocycles. The van der Waals surface area contributed by atoms with Crippen LogP contribution in [0.2, 0.25) is 0 Å². The molecule has 0 heterocycles. The van der Waals surface area contributed by atoms with E-state index in [0.29, 0.717) is 0 Å². The molecular formula is C11H20N2O4. The standard InChI is InChI=1S/C11H20N2O4/c1-6(13-10(17)11(3,4)5)8(14)12-7(2)9(15)16/h6-7H,1-5H3,(H,12,14)(H,13,17)(H,15,16). The average molecular weight is 244 g/mol. The van der Waals surface area contributed by atoms with Crippen molar-refractivity contribution in [1.82, 2.24) is 10.6 Å². The Morgan fingerprint density at radius 3 is 1.82 bits per heavy atom. The third-order valence-electron chi connectivity index (χ3n) is 2.15. The van der Waals surface area contributed by atoms with E-state index in [1.54, 1.807) is 20.8 Å². The predicted octanol–water partition coefficient (Wildman–Crippen LogP) is 0.126. The lowest BCUT2D eigenvalue weighted by atomic mass is 9.95. The lowest BCUT2D eigenvalue weighted by Gasteiger charge is -2.22. The van der Waals surface area contributed by atoms with Crippen LogP contribution in [0.3, 0.4) is 0 Å². The first-order valence-electron chi connectivity index (χ1n) is 5.40. The topological polar surface area (TPSA) is 95.5 Å². The van der Waals surface area contributed by atoms with Gasteiger partial charge in [0.25, 0.3) is 0 Å². The lowest BCUT2D eigenvalue weighted by molar-refractivity contribution is -0.141. The number of carboxylic acid groups (broad SMARTS) is 1. The minimum atomic E-state index is -1.12. The van der Waals surface area contributed by atoms with Gasteiger partial charge in [-0.25, -0.2) is 0 Å². The molecule has 2 unspecified atom stereocenters. The quantitative estimate of drug-likeness (QED) is 0.655. The highest BCUT2D eigenvalue weighted by Gasteiger charge is 2.26. The van der Waals surface area contributed by atoms with E-state index < -0.39 is 29.4 Å². The molecule has 0 fully saturated rings. The van der Waals surface area contributed by atoms with Gasteiger partial charge in [-0.05, 0) is 13.8 Å². The van der Waals surface area contributed by atoms with E-state index in [1.807, 2.05) is 0 Å². The summed E-state index contributed by atoms with van der Waals surface area (Å²) in [6.07, 6.45) is 0. The molecule has 0 bridgehead atoms. The second kappa shape index (κ2) is 5.65. The Hall–Kier alpha value is -1.59. The molecule has 0 radical (unpaired) electrons. The second-order valence-corrected chi connectivity index (χ2v) is 5.01. The molecule has 0 rings (SSSR count). The Balaban J connectivity index is 4.34. The predicted molar refractivity (Wildman–Crippen MR) is 62.3 cm³/mol. The maximum Gasteiger partial charge on any atom is 0.325 e. The van der Waals surface area contributed by atoms with Crippen LogP contribution < -0.4 is 10.6 Å². The zero-order chi connectivity index (χ0) is 13.8. The van der Waals surface area contributed by atoms with Crippen molar-refractivity contribution in [3.63, 3.8) is 0 Å². The minimum Gasteiger partial charge on any atom is -0.480 e. The Morgan fingerprint density at radius 2 is 1.47 bits per heavy atom. The molecule has 6 heteroatoms. The second-order valence-electron chi connectivity index (χ2n) is 5.01. The molecule has 0 aliphatic rings. The number of hydrogen-bond donors (Lipinski definition) is 3. The third-order valence-corrected chi connectivity index (χ3v) is 2.15. The molecule has 0 saturated carbocycles. The van der Waals surface area contributed by atoms with Crippen LogP contribution in [0.25, 0.3) is 0 Å². The van der Waals surface area contributed by atoms with Gasteiger partial charge in [0.2, 0.25) is 11.8 Å². The fourth-order valence-corrected chi connectivity index (χ4v) is 0.879. The van der Waals surface area contributed by atoms with Gasteiger partial charge in [-0.15, -0.1) is 0 Å². The number of carbonyl (C=O) groups excluding carboxylic acids is 2. The van der Waals surface area contributed by atoms with Gasteiger partial charge in [0.15, 0.2) is 0 Å². The van der Waals surface area contributed by atoms with E-state index in [1.165, 1.54) is 13.8 Å². The monoisotopic (exact) mass is 244 g/mol. The molecule has 0 aromatic heterocycles. The highest BCUT2D eigenvalue weighted by molar-refractivity contribution is 5.91. The van der Waals surface area contributed by atoms with Crippen LogP contribution in [-0.2, 0) is 14.4 Å². The molecule has 6 nitrogen and oxygen atoms in total. The van der Waals surface area contributed by atoms with E-state index in [9.17, 15) is 14.4 Å². The Kier molecular flexibility index (Phi) is 5.12. The summed E-state index contributed by atoms with van der Waals surface area (Å²) in [6.45, 7) is 8.05. The first-order valence-corrected chi connectivity index (χ1v) is 5.40. The SMILES string of the molecule is CC(NC(=O)C(C)NC(=O)C(C)(C)C)C(=O)O. The van der Waals surface area contributed by atoms with Crippen molar-refractivity contribution in [2.45, 2.75) is 46.7 Å². The van der Waals surface area contributed by atoms with E-state index in [0.717, 1.165) is 0 Å². The molecule has 2 atom stereocenters. The summed E-state index contributed by atoms with van der Waals surface area (Å²) in [5.41, 5.74) is -0.590. The summed E-state index contributed by atoms with van der Waals surface area (Å²) in [5.74, 6) is -1.90. The first kappa shape index (κ1) is 15.4. The highest BCUT2D eigenvalue weighted by atomic mass is 16.4. The van der Waals surface area contributed by atoms with Crippen LogP contribution in [0.5, 0.6) is 0 Å². The van der Waals surface area contributed by atoms with Crippen LogP contribution in [0.15, 0.2) is 0 Å². The number of aliphatic carboxylic acids is 1. The molecule has 3 N–H and O–H groups in total. The summed E-state index contributed by atoms with van der Waals surface area (Å²) < 4.78 is 0. The molecule has 17 heavy (non-hydrogen) atoms. The summed E-state index contributed by atoms with van der Waals surface area (Å²) in [7, 11) is 0. The van der Waals surface area contributed by atoms with Gasteiger partial charge in [-0.2, -0.15) is 0 Å². The van der Waals surface area contributed by atoms with Gasteiger partial charge in [-0.1, -0.05) is 20.8 Å². The van der Waals surface area contributed by atoms with E-state index >= 15 is 0 Å². The largest absolute Gasteiger partial charge is 0.480 e. The van der Waals surface area contributed by atoms with Crippen molar-refractivity contribution < 1.29 is 19.5 Å². The molecule has 2 amide bonds. The van der Waals surface area contributed by atoms with Crippen LogP contribution in [-0.4, -0.2) is 35.0 Å². The zero-order valence-electron chi connectivity index (χ0n) is 10.8. The average Bonchev–Trinajstić information content (AvgIpc) is 2.15. The first-order chi connectivity index (χ1) is 7.55. The van der Waals surface area contributed by atoms with E-state index in [-0.39, 0.29) is 5.91 Å². The van der Waals surface area contributed by atoms with Crippen molar-refractivity contribution in [2.75, 3.05) is 0 Å². The zero-order valence-corrected chi connectivity index (χ0v) is 10.8. The maximum atomic E-state index is 11.6. The summed E-state index contributed by atoms with van der Waals surface area (Å²) >= 11 is 0. The van der Waals surface area contributed by atoms with Crippen LogP contribution >= 0.6 is 0 Å². The molecule has 0 aromatic rings. The summed E-state index contributed by atoms with van der Waals surface area (Å²) in [5, 5.41) is 13.4. The van der Waals surface area contributed by atoms with Crippen molar-refractivity contribution in [3.05, 3.63) is 0 Å². The number of nitrogens with one attached hydrogen (secondary N) is 2. The van der Waals surface area contributed by atoms with Gasteiger partial charge in [0.05, 0.1) is 0 Å². The molecule has 0 spiro atoms. The van der Waals surface area contributed by atoms with Gasteiger partial charge in [0.1, 0.15) is 12.1 Å². The molecule has 0 aliphatic heterocycles. The summed E-state index contributed by atoms with van der Waals surface area (Å²) in [4.78, 5) is 33.7. The fraction of sp³-hybridized carbons (Fsp3) is 0.727. The lowest BCUT2D eigenvalue weighted by Crippen LogP contribution is -2.51. The minimum absolute atomic E-state index is 0.261. The smallest absolute Gasteiger partial charge is 0.325 e. The van der Waals surface area contributed by atoms with Gasteiger partial charge >= 0.3 is 5.97 Å². The van der Waals surface area contributed by atoms with E-state index in [2.05, 4.69) is 10.6 Å². The normalized spacial score (nSPS) is 14.6. The molecule has 0 aromatic carbocycles. The highest BCUT2D eigenvalue weighted by Crippen LogP contribution is 2.12. The van der Waals surface area contributed by atoms with Gasteiger partial charge < -0.3 is 15.7 Å². The number of carbonyl (C=O) groups is 3. The number of hydrogen-bond acceptors (Lipinski definition) is 3. The van der Waals surface area contributed by atoms with Crippen LogP contribution in [0.1, 0.15) is 34.6 Å². The van der Waals surface area contributed by atoms with Crippen molar-refractivity contribution >= 4 is 17.8 Å². The maximum absolute atomic E-state index is 11.6.